The fourth-order valence-electron chi connectivity index (χ4n) is 2.10. The number of hydrogen-bond acceptors (Lipinski definition) is 6. The van der Waals surface area contributed by atoms with Gasteiger partial charge in [-0.25, -0.2) is 4.98 Å². The SMILES string of the molecule is Clc1cccc(-c2nc(NCCc3cnccn3)nc(C(Cl)(Cl)Cl)n2)c1. The van der Waals surface area contributed by atoms with Gasteiger partial charge in [-0.2, -0.15) is 9.97 Å². The van der Waals surface area contributed by atoms with Crippen LogP contribution in [-0.4, -0.2) is 31.5 Å². The van der Waals surface area contributed by atoms with Crippen LogP contribution < -0.4 is 5.32 Å². The number of nitrogens with one attached hydrogen (secondary N) is 1. The molecule has 3 aromatic rings. The third-order valence-electron chi connectivity index (χ3n) is 3.25. The molecular formula is C16H12Cl4N6. The van der Waals surface area contributed by atoms with Crippen molar-refractivity contribution in [1.82, 2.24) is 24.9 Å². The first kappa shape index (κ1) is 19.0. The van der Waals surface area contributed by atoms with Crippen molar-refractivity contribution in [3.05, 3.63) is 59.4 Å². The molecule has 2 aromatic heterocycles. The quantitative estimate of drug-likeness (QED) is 0.603. The minimum atomic E-state index is -1.78. The van der Waals surface area contributed by atoms with Crippen molar-refractivity contribution in [2.45, 2.75) is 10.2 Å². The average Bonchev–Trinajstić information content (AvgIpc) is 2.62. The second-order valence-electron chi connectivity index (χ2n) is 5.19. The van der Waals surface area contributed by atoms with Crippen molar-refractivity contribution in [2.24, 2.45) is 0 Å². The summed E-state index contributed by atoms with van der Waals surface area (Å²) in [4.78, 5) is 21.0. The summed E-state index contributed by atoms with van der Waals surface area (Å²) in [7, 11) is 0. The molecule has 0 fully saturated rings. The predicted molar refractivity (Wildman–Crippen MR) is 104 cm³/mol. The second kappa shape index (κ2) is 8.31. The predicted octanol–water partition coefficient (Wildman–Crippen LogP) is 4.46. The largest absolute Gasteiger partial charge is 0.354 e. The zero-order chi connectivity index (χ0) is 18.6. The van der Waals surface area contributed by atoms with Gasteiger partial charge in [0.1, 0.15) is 0 Å². The summed E-state index contributed by atoms with van der Waals surface area (Å²) < 4.78 is -1.78. The zero-order valence-corrected chi connectivity index (χ0v) is 16.2. The van der Waals surface area contributed by atoms with E-state index in [-0.39, 0.29) is 5.82 Å². The summed E-state index contributed by atoms with van der Waals surface area (Å²) in [5, 5.41) is 3.64. The van der Waals surface area contributed by atoms with Crippen molar-refractivity contribution in [1.29, 1.82) is 0 Å². The van der Waals surface area contributed by atoms with Crippen molar-refractivity contribution in [2.75, 3.05) is 11.9 Å². The van der Waals surface area contributed by atoms with Gasteiger partial charge in [0.05, 0.1) is 5.69 Å². The minimum Gasteiger partial charge on any atom is -0.354 e. The van der Waals surface area contributed by atoms with Crippen LogP contribution in [0, 0.1) is 0 Å². The van der Waals surface area contributed by atoms with Crippen LogP contribution in [0.25, 0.3) is 11.4 Å². The Labute approximate surface area is 170 Å². The maximum Gasteiger partial charge on any atom is 0.250 e. The van der Waals surface area contributed by atoms with Crippen LogP contribution >= 0.6 is 46.4 Å². The molecule has 3 rings (SSSR count). The lowest BCUT2D eigenvalue weighted by atomic mass is 10.2. The van der Waals surface area contributed by atoms with Crippen LogP contribution in [-0.2, 0) is 10.2 Å². The number of rotatable bonds is 5. The Bertz CT molecular complexity index is 885. The van der Waals surface area contributed by atoms with E-state index in [9.17, 15) is 0 Å². The fraction of sp³-hybridized carbons (Fsp3) is 0.188. The Morgan fingerprint density at radius 3 is 2.58 bits per heavy atom. The van der Waals surface area contributed by atoms with E-state index in [1.165, 1.54) is 0 Å². The number of hydrogen-bond donors (Lipinski definition) is 1. The van der Waals surface area contributed by atoms with Crippen LogP contribution in [0.3, 0.4) is 0 Å². The molecule has 0 aliphatic heterocycles. The van der Waals surface area contributed by atoms with Crippen LogP contribution in [0.4, 0.5) is 5.95 Å². The van der Waals surface area contributed by atoms with Gasteiger partial charge in [-0.1, -0.05) is 58.5 Å². The monoisotopic (exact) mass is 428 g/mol. The lowest BCUT2D eigenvalue weighted by molar-refractivity contribution is 0.889. The van der Waals surface area contributed by atoms with Crippen LogP contribution in [0.2, 0.25) is 5.02 Å². The highest BCUT2D eigenvalue weighted by Gasteiger charge is 2.28. The minimum absolute atomic E-state index is 0.0227. The molecule has 26 heavy (non-hydrogen) atoms. The molecule has 2 heterocycles. The third-order valence-corrected chi connectivity index (χ3v) is 3.99. The molecule has 1 aromatic carbocycles. The zero-order valence-electron chi connectivity index (χ0n) is 13.2. The van der Waals surface area contributed by atoms with Crippen LogP contribution in [0.15, 0.2) is 42.9 Å². The highest BCUT2D eigenvalue weighted by Crippen LogP contribution is 2.36. The first-order chi connectivity index (χ1) is 12.4. The standard InChI is InChI=1S/C16H12Cl4N6/c17-11-3-1-2-10(8-11)13-24-14(16(18,19)20)26-15(25-13)23-5-4-12-9-21-6-7-22-12/h1-3,6-9H,4-5H2,(H,23,24,25,26). The van der Waals surface area contributed by atoms with E-state index >= 15 is 0 Å². The second-order valence-corrected chi connectivity index (χ2v) is 7.91. The van der Waals surface area contributed by atoms with Crippen molar-refractivity contribution in [3.8, 4) is 11.4 Å². The Hall–Kier alpha value is -1.73. The van der Waals surface area contributed by atoms with Gasteiger partial charge in [0.2, 0.25) is 9.74 Å². The molecule has 0 radical (unpaired) electrons. The van der Waals surface area contributed by atoms with E-state index in [4.69, 9.17) is 46.4 Å². The molecule has 0 bridgehead atoms. The number of alkyl halides is 3. The maximum absolute atomic E-state index is 6.04. The summed E-state index contributed by atoms with van der Waals surface area (Å²) in [5.41, 5.74) is 1.53. The smallest absolute Gasteiger partial charge is 0.250 e. The van der Waals surface area contributed by atoms with Gasteiger partial charge < -0.3 is 5.32 Å². The Kier molecular flexibility index (Phi) is 6.09. The van der Waals surface area contributed by atoms with E-state index in [0.717, 1.165) is 5.69 Å². The molecule has 0 saturated heterocycles. The normalized spacial score (nSPS) is 11.4. The van der Waals surface area contributed by atoms with E-state index < -0.39 is 3.79 Å². The Morgan fingerprint density at radius 1 is 1.04 bits per heavy atom. The molecule has 0 aliphatic rings. The molecule has 1 N–H and O–H groups in total. The van der Waals surface area contributed by atoms with Gasteiger partial charge in [-0.3, -0.25) is 9.97 Å². The third kappa shape index (κ3) is 5.14. The molecule has 0 unspecified atom stereocenters. The van der Waals surface area contributed by atoms with Crippen molar-refractivity contribution < 1.29 is 0 Å². The molecule has 0 saturated carbocycles. The topological polar surface area (TPSA) is 76.5 Å². The summed E-state index contributed by atoms with van der Waals surface area (Å²) in [6.45, 7) is 0.525. The first-order valence-corrected chi connectivity index (χ1v) is 9.01. The summed E-state index contributed by atoms with van der Waals surface area (Å²) in [6.07, 6.45) is 5.58. The van der Waals surface area contributed by atoms with Gasteiger partial charge >= 0.3 is 0 Å². The molecule has 0 atom stereocenters. The molecule has 0 spiro atoms. The van der Waals surface area contributed by atoms with Gasteiger partial charge in [-0.15, -0.1) is 0 Å². The maximum atomic E-state index is 6.04. The first-order valence-electron chi connectivity index (χ1n) is 7.50. The van der Waals surface area contributed by atoms with E-state index in [0.29, 0.717) is 35.3 Å². The number of benzene rings is 1. The summed E-state index contributed by atoms with van der Waals surface area (Å²) in [5.74, 6) is 0.667. The van der Waals surface area contributed by atoms with E-state index in [2.05, 4.69) is 30.2 Å². The number of anilines is 1. The number of aromatic nitrogens is 5. The molecule has 0 amide bonds. The van der Waals surface area contributed by atoms with Crippen LogP contribution in [0.1, 0.15) is 11.5 Å². The highest BCUT2D eigenvalue weighted by atomic mass is 35.6. The van der Waals surface area contributed by atoms with Gasteiger partial charge in [0.25, 0.3) is 0 Å². The number of halogens is 4. The van der Waals surface area contributed by atoms with Crippen LogP contribution in [0.5, 0.6) is 0 Å². The van der Waals surface area contributed by atoms with E-state index in [1.54, 1.807) is 36.8 Å². The average molecular weight is 430 g/mol. The van der Waals surface area contributed by atoms with Gasteiger partial charge in [0.15, 0.2) is 11.6 Å². The lowest BCUT2D eigenvalue weighted by Gasteiger charge is -2.13. The van der Waals surface area contributed by atoms with Gasteiger partial charge in [-0.05, 0) is 12.1 Å². The lowest BCUT2D eigenvalue weighted by Crippen LogP contribution is -2.15. The molecular weight excluding hydrogens is 418 g/mol. The highest BCUT2D eigenvalue weighted by molar-refractivity contribution is 6.66. The molecule has 0 aliphatic carbocycles. The molecule has 6 nitrogen and oxygen atoms in total. The van der Waals surface area contributed by atoms with Crippen molar-refractivity contribution >= 4 is 52.4 Å². The number of nitrogens with zero attached hydrogens (tertiary/aromatic N) is 5. The Balaban J connectivity index is 1.85. The fourth-order valence-corrected chi connectivity index (χ4v) is 2.54. The van der Waals surface area contributed by atoms with E-state index in [1.807, 2.05) is 6.07 Å². The molecule has 134 valence electrons. The molecule has 10 heteroatoms. The summed E-state index contributed by atoms with van der Waals surface area (Å²) in [6, 6.07) is 7.08. The Morgan fingerprint density at radius 2 is 1.88 bits per heavy atom. The summed E-state index contributed by atoms with van der Waals surface area (Å²) >= 11 is 23.9. The van der Waals surface area contributed by atoms with Crippen molar-refractivity contribution in [3.63, 3.8) is 0 Å². The van der Waals surface area contributed by atoms with Gasteiger partial charge in [0, 0.05) is 42.1 Å².